The minimum atomic E-state index is -0.203. The number of ether oxygens (including phenoxy) is 2. The van der Waals surface area contributed by atoms with Crippen LogP contribution in [0.15, 0.2) is 18.2 Å². The third kappa shape index (κ3) is 3.01. The quantitative estimate of drug-likeness (QED) is 0.874. The Morgan fingerprint density at radius 3 is 2.74 bits per heavy atom. The fourth-order valence-electron chi connectivity index (χ4n) is 2.80. The molecular weight excluding hydrogens is 242 g/mol. The van der Waals surface area contributed by atoms with E-state index in [1.165, 1.54) is 12.0 Å². The number of rotatable bonds is 3. The zero-order chi connectivity index (χ0) is 13.1. The average Bonchev–Trinajstić information content (AvgIpc) is 2.46. The Kier molecular flexibility index (Phi) is 3.89. The van der Waals surface area contributed by atoms with Gasteiger partial charge >= 0.3 is 0 Å². The van der Waals surface area contributed by atoms with Gasteiger partial charge in [-0.15, -0.1) is 0 Å². The summed E-state index contributed by atoms with van der Waals surface area (Å²) in [5, 5.41) is 13.4. The second kappa shape index (κ2) is 5.80. The summed E-state index contributed by atoms with van der Waals surface area (Å²) in [4.78, 5) is 0. The van der Waals surface area contributed by atoms with Gasteiger partial charge in [0, 0.05) is 12.6 Å². The molecule has 1 saturated carbocycles. The van der Waals surface area contributed by atoms with Crippen LogP contribution in [0.25, 0.3) is 0 Å². The van der Waals surface area contributed by atoms with Crippen LogP contribution in [0.5, 0.6) is 11.5 Å². The highest BCUT2D eigenvalue weighted by molar-refractivity contribution is 5.43. The topological polar surface area (TPSA) is 50.7 Å². The molecule has 1 aliphatic carbocycles. The van der Waals surface area contributed by atoms with Crippen LogP contribution >= 0.6 is 0 Å². The van der Waals surface area contributed by atoms with Gasteiger partial charge in [0.05, 0.1) is 6.10 Å². The molecule has 4 heteroatoms. The van der Waals surface area contributed by atoms with Crippen LogP contribution in [0.1, 0.15) is 31.2 Å². The lowest BCUT2D eigenvalue weighted by molar-refractivity contribution is 0.0902. The van der Waals surface area contributed by atoms with Crippen LogP contribution in [0.2, 0.25) is 0 Å². The van der Waals surface area contributed by atoms with Gasteiger partial charge in [-0.2, -0.15) is 0 Å². The number of nitrogens with one attached hydrogen (secondary N) is 1. The Morgan fingerprint density at radius 2 is 1.89 bits per heavy atom. The molecule has 0 aromatic heterocycles. The first-order valence-electron chi connectivity index (χ1n) is 7.13. The van der Waals surface area contributed by atoms with Gasteiger partial charge in [0.1, 0.15) is 13.2 Å². The molecule has 0 saturated heterocycles. The standard InChI is InChI=1S/C15H21NO3/c17-13-4-2-1-3-12(13)16-10-11-5-6-14-15(9-11)19-8-7-18-14/h5-6,9,12-13,16-17H,1-4,7-8,10H2/t12-,13-/m1/s1. The Hall–Kier alpha value is -1.26. The van der Waals surface area contributed by atoms with E-state index in [2.05, 4.69) is 11.4 Å². The molecule has 2 N–H and O–H groups in total. The second-order valence-corrected chi connectivity index (χ2v) is 5.32. The van der Waals surface area contributed by atoms with Crippen LogP contribution in [-0.2, 0) is 6.54 Å². The first kappa shape index (κ1) is 12.8. The van der Waals surface area contributed by atoms with E-state index in [-0.39, 0.29) is 12.1 Å². The number of benzene rings is 1. The van der Waals surface area contributed by atoms with Crippen molar-refractivity contribution in [3.8, 4) is 11.5 Å². The van der Waals surface area contributed by atoms with Crippen molar-refractivity contribution in [2.75, 3.05) is 13.2 Å². The molecule has 0 spiro atoms. The molecule has 0 unspecified atom stereocenters. The van der Waals surface area contributed by atoms with E-state index in [0.717, 1.165) is 37.3 Å². The van der Waals surface area contributed by atoms with Crippen molar-refractivity contribution in [3.63, 3.8) is 0 Å². The lowest BCUT2D eigenvalue weighted by atomic mass is 9.92. The molecule has 19 heavy (non-hydrogen) atoms. The molecule has 2 aliphatic rings. The lowest BCUT2D eigenvalue weighted by Gasteiger charge is -2.28. The Balaban J connectivity index is 1.60. The fourth-order valence-corrected chi connectivity index (χ4v) is 2.80. The zero-order valence-electron chi connectivity index (χ0n) is 11.1. The zero-order valence-corrected chi connectivity index (χ0v) is 11.1. The number of hydrogen-bond donors (Lipinski definition) is 2. The molecule has 1 fully saturated rings. The second-order valence-electron chi connectivity index (χ2n) is 5.32. The van der Waals surface area contributed by atoms with Gasteiger partial charge in [-0.1, -0.05) is 18.9 Å². The smallest absolute Gasteiger partial charge is 0.161 e. The predicted molar refractivity (Wildman–Crippen MR) is 72.5 cm³/mol. The van der Waals surface area contributed by atoms with Gasteiger partial charge in [0.25, 0.3) is 0 Å². The molecular formula is C15H21NO3. The fraction of sp³-hybridized carbons (Fsp3) is 0.600. The first-order chi connectivity index (χ1) is 9.33. The van der Waals surface area contributed by atoms with Crippen molar-refractivity contribution in [2.45, 2.75) is 44.4 Å². The molecule has 4 nitrogen and oxygen atoms in total. The summed E-state index contributed by atoms with van der Waals surface area (Å²) < 4.78 is 11.1. The minimum absolute atomic E-state index is 0.203. The molecule has 3 rings (SSSR count). The van der Waals surface area contributed by atoms with Crippen LogP contribution < -0.4 is 14.8 Å². The summed E-state index contributed by atoms with van der Waals surface area (Å²) in [5.41, 5.74) is 1.17. The summed E-state index contributed by atoms with van der Waals surface area (Å²) in [7, 11) is 0. The van der Waals surface area contributed by atoms with Crippen molar-refractivity contribution < 1.29 is 14.6 Å². The largest absolute Gasteiger partial charge is 0.486 e. The van der Waals surface area contributed by atoms with Crippen LogP contribution in [0, 0.1) is 0 Å². The van der Waals surface area contributed by atoms with Crippen molar-refractivity contribution >= 4 is 0 Å². The van der Waals surface area contributed by atoms with E-state index in [1.807, 2.05) is 12.1 Å². The van der Waals surface area contributed by atoms with Crippen molar-refractivity contribution in [1.29, 1.82) is 0 Å². The van der Waals surface area contributed by atoms with E-state index >= 15 is 0 Å². The molecule has 1 aliphatic heterocycles. The van der Waals surface area contributed by atoms with Gasteiger partial charge < -0.3 is 19.9 Å². The summed E-state index contributed by atoms with van der Waals surface area (Å²) in [6, 6.07) is 6.26. The highest BCUT2D eigenvalue weighted by atomic mass is 16.6. The summed E-state index contributed by atoms with van der Waals surface area (Å²) in [6.07, 6.45) is 4.12. The van der Waals surface area contributed by atoms with Gasteiger partial charge in [0.15, 0.2) is 11.5 Å². The molecule has 1 aromatic rings. The number of aliphatic hydroxyl groups excluding tert-OH is 1. The number of fused-ring (bicyclic) bond motifs is 1. The number of aliphatic hydroxyl groups is 1. The van der Waals surface area contributed by atoms with Crippen LogP contribution in [0.4, 0.5) is 0 Å². The SMILES string of the molecule is O[C@@H]1CCCC[C@H]1NCc1ccc2c(c1)OCCO2. The third-order valence-electron chi connectivity index (χ3n) is 3.90. The molecule has 1 heterocycles. The van der Waals surface area contributed by atoms with E-state index < -0.39 is 0 Å². The monoisotopic (exact) mass is 263 g/mol. The Labute approximate surface area is 113 Å². The van der Waals surface area contributed by atoms with Gasteiger partial charge in [-0.05, 0) is 30.5 Å². The van der Waals surface area contributed by atoms with Crippen molar-refractivity contribution in [2.24, 2.45) is 0 Å². The number of hydrogen-bond acceptors (Lipinski definition) is 4. The lowest BCUT2D eigenvalue weighted by Crippen LogP contribution is -2.41. The minimum Gasteiger partial charge on any atom is -0.486 e. The summed E-state index contributed by atoms with van der Waals surface area (Å²) in [6.45, 7) is 2.00. The third-order valence-corrected chi connectivity index (χ3v) is 3.90. The molecule has 2 atom stereocenters. The van der Waals surface area contributed by atoms with Gasteiger partial charge in [-0.25, -0.2) is 0 Å². The highest BCUT2D eigenvalue weighted by Crippen LogP contribution is 2.30. The Morgan fingerprint density at radius 1 is 1.11 bits per heavy atom. The maximum atomic E-state index is 9.93. The normalized spacial score (nSPS) is 26.2. The highest BCUT2D eigenvalue weighted by Gasteiger charge is 2.22. The van der Waals surface area contributed by atoms with Crippen molar-refractivity contribution in [1.82, 2.24) is 5.32 Å². The summed E-state index contributed by atoms with van der Waals surface area (Å²) in [5.74, 6) is 1.66. The van der Waals surface area contributed by atoms with E-state index in [4.69, 9.17) is 9.47 Å². The molecule has 0 radical (unpaired) electrons. The predicted octanol–water partition coefficient (Wildman–Crippen LogP) is 1.85. The molecule has 0 bridgehead atoms. The first-order valence-corrected chi connectivity index (χ1v) is 7.13. The van der Waals surface area contributed by atoms with Crippen LogP contribution in [-0.4, -0.2) is 30.5 Å². The molecule has 104 valence electrons. The van der Waals surface area contributed by atoms with E-state index in [9.17, 15) is 5.11 Å². The van der Waals surface area contributed by atoms with Gasteiger partial charge in [-0.3, -0.25) is 0 Å². The molecule has 0 amide bonds. The van der Waals surface area contributed by atoms with Crippen LogP contribution in [0.3, 0.4) is 0 Å². The maximum absolute atomic E-state index is 9.93. The maximum Gasteiger partial charge on any atom is 0.161 e. The van der Waals surface area contributed by atoms with Gasteiger partial charge in [0.2, 0.25) is 0 Å². The average molecular weight is 263 g/mol. The van der Waals surface area contributed by atoms with E-state index in [0.29, 0.717) is 13.2 Å². The Bertz CT molecular complexity index is 435. The molecule has 1 aromatic carbocycles. The summed E-state index contributed by atoms with van der Waals surface area (Å²) >= 11 is 0. The van der Waals surface area contributed by atoms with Crippen molar-refractivity contribution in [3.05, 3.63) is 23.8 Å². The van der Waals surface area contributed by atoms with E-state index in [1.54, 1.807) is 0 Å².